The number of carboxylic acid groups (broad SMARTS) is 1. The minimum atomic E-state index is -1.59. The van der Waals surface area contributed by atoms with Crippen LogP contribution in [-0.4, -0.2) is 37.1 Å². The fourth-order valence-corrected chi connectivity index (χ4v) is 1.97. The quantitative estimate of drug-likeness (QED) is 0.523. The zero-order chi connectivity index (χ0) is 9.07. The van der Waals surface area contributed by atoms with E-state index in [0.717, 1.165) is 0 Å². The molecule has 1 atom stereocenters. The summed E-state index contributed by atoms with van der Waals surface area (Å²) >= 11 is 0. The smallest absolute Gasteiger partial charge is 0.322 e. The molecule has 0 fully saturated rings. The van der Waals surface area contributed by atoms with Gasteiger partial charge in [-0.25, -0.2) is 0 Å². The number of hydrogen-bond donors (Lipinski definition) is 3. The molecular formula is C6H15NO3Si. The van der Waals surface area contributed by atoms with Crippen LogP contribution >= 0.6 is 0 Å². The lowest BCUT2D eigenvalue weighted by atomic mass is 10.3. The van der Waals surface area contributed by atoms with E-state index in [1.807, 2.05) is 19.6 Å². The van der Waals surface area contributed by atoms with Gasteiger partial charge in [0.05, 0.1) is 6.61 Å². The number of hydrogen-bond acceptors (Lipinski definition) is 3. The molecule has 0 aliphatic heterocycles. The molecule has 0 bridgehead atoms. The first kappa shape index (κ1) is 10.6. The Kier molecular flexibility index (Phi) is 3.71. The average molecular weight is 177 g/mol. The first-order valence-corrected chi connectivity index (χ1v) is 6.98. The van der Waals surface area contributed by atoms with Gasteiger partial charge in [-0.05, 0) is 0 Å². The molecule has 0 heterocycles. The maximum atomic E-state index is 10.4. The number of aliphatic hydroxyl groups excluding tert-OH is 1. The summed E-state index contributed by atoms with van der Waals surface area (Å²) in [7, 11) is -1.59. The van der Waals surface area contributed by atoms with Crippen molar-refractivity contribution in [3.63, 3.8) is 0 Å². The second kappa shape index (κ2) is 3.84. The lowest BCUT2D eigenvalue weighted by Crippen LogP contribution is -2.52. The van der Waals surface area contributed by atoms with E-state index in [9.17, 15) is 4.79 Å². The van der Waals surface area contributed by atoms with Gasteiger partial charge in [0, 0.05) is 0 Å². The standard InChI is InChI=1S/C6H15NO3Si/c1-11(2,3)7-5(4-8)6(9)10/h5,7-8H,4H2,1-3H3,(H,9,10). The third-order valence-electron chi connectivity index (χ3n) is 1.09. The molecule has 3 N–H and O–H groups in total. The molecule has 0 aromatic rings. The summed E-state index contributed by atoms with van der Waals surface area (Å²) in [5, 5.41) is 17.2. The van der Waals surface area contributed by atoms with Crippen LogP contribution in [0, 0.1) is 0 Å². The van der Waals surface area contributed by atoms with Crippen molar-refractivity contribution in [3.05, 3.63) is 0 Å². The molecule has 0 aromatic carbocycles. The molecule has 0 aromatic heterocycles. The van der Waals surface area contributed by atoms with E-state index in [1.54, 1.807) is 0 Å². The van der Waals surface area contributed by atoms with Crippen LogP contribution in [0.1, 0.15) is 0 Å². The molecule has 0 saturated carbocycles. The fourth-order valence-electron chi connectivity index (χ4n) is 0.708. The normalized spacial score (nSPS) is 14.5. The summed E-state index contributed by atoms with van der Waals surface area (Å²) in [6.45, 7) is 5.61. The summed E-state index contributed by atoms with van der Waals surface area (Å²) in [6, 6.07) is -0.804. The van der Waals surface area contributed by atoms with Crippen molar-refractivity contribution >= 4 is 14.2 Å². The zero-order valence-electron chi connectivity index (χ0n) is 7.09. The highest BCUT2D eigenvalue weighted by atomic mass is 28.3. The van der Waals surface area contributed by atoms with Crippen LogP contribution in [-0.2, 0) is 4.79 Å². The first-order chi connectivity index (χ1) is 4.87. The Bertz CT molecular complexity index is 143. The number of rotatable bonds is 4. The summed E-state index contributed by atoms with van der Waals surface area (Å²) in [5.41, 5.74) is 0. The molecule has 4 nitrogen and oxygen atoms in total. The van der Waals surface area contributed by atoms with E-state index < -0.39 is 20.2 Å². The van der Waals surface area contributed by atoms with Gasteiger partial charge in [0.15, 0.2) is 0 Å². The number of nitrogens with one attached hydrogen (secondary N) is 1. The first-order valence-electron chi connectivity index (χ1n) is 3.48. The highest BCUT2D eigenvalue weighted by molar-refractivity contribution is 6.73. The molecule has 0 saturated heterocycles. The van der Waals surface area contributed by atoms with Gasteiger partial charge in [0.1, 0.15) is 14.3 Å². The van der Waals surface area contributed by atoms with Gasteiger partial charge in [-0.2, -0.15) is 0 Å². The molecular weight excluding hydrogens is 162 g/mol. The van der Waals surface area contributed by atoms with Crippen molar-refractivity contribution in [2.45, 2.75) is 25.7 Å². The molecule has 0 aliphatic carbocycles. The van der Waals surface area contributed by atoms with Crippen LogP contribution in [0.2, 0.25) is 19.6 Å². The molecule has 0 rings (SSSR count). The van der Waals surface area contributed by atoms with Crippen LogP contribution in [0.15, 0.2) is 0 Å². The topological polar surface area (TPSA) is 69.6 Å². The molecule has 11 heavy (non-hydrogen) atoms. The van der Waals surface area contributed by atoms with Crippen LogP contribution in [0.3, 0.4) is 0 Å². The lowest BCUT2D eigenvalue weighted by molar-refractivity contribution is -0.139. The lowest BCUT2D eigenvalue weighted by Gasteiger charge is -2.22. The number of carboxylic acids is 1. The van der Waals surface area contributed by atoms with Crippen LogP contribution < -0.4 is 4.98 Å². The molecule has 66 valence electrons. The highest BCUT2D eigenvalue weighted by Crippen LogP contribution is 1.97. The van der Waals surface area contributed by atoms with E-state index >= 15 is 0 Å². The minimum absolute atomic E-state index is 0.348. The van der Waals surface area contributed by atoms with Crippen molar-refractivity contribution < 1.29 is 15.0 Å². The number of aliphatic carboxylic acids is 1. The Morgan fingerprint density at radius 1 is 1.55 bits per heavy atom. The van der Waals surface area contributed by atoms with Crippen LogP contribution in [0.4, 0.5) is 0 Å². The van der Waals surface area contributed by atoms with E-state index in [-0.39, 0.29) is 6.61 Å². The largest absolute Gasteiger partial charge is 0.480 e. The fraction of sp³-hybridized carbons (Fsp3) is 0.833. The van der Waals surface area contributed by atoms with Crippen molar-refractivity contribution in [3.8, 4) is 0 Å². The van der Waals surface area contributed by atoms with Crippen LogP contribution in [0.25, 0.3) is 0 Å². The predicted molar refractivity (Wildman–Crippen MR) is 45.0 cm³/mol. The SMILES string of the molecule is C[Si](C)(C)NC(CO)C(=O)O. The Balaban J connectivity index is 3.99. The molecule has 5 heteroatoms. The highest BCUT2D eigenvalue weighted by Gasteiger charge is 2.23. The second-order valence-electron chi connectivity index (χ2n) is 3.47. The average Bonchev–Trinajstić information content (AvgIpc) is 1.80. The van der Waals surface area contributed by atoms with Crippen LogP contribution in [0.5, 0.6) is 0 Å². The van der Waals surface area contributed by atoms with Gasteiger partial charge in [0.2, 0.25) is 0 Å². The predicted octanol–water partition coefficient (Wildman–Crippen LogP) is -0.144. The summed E-state index contributed by atoms with van der Waals surface area (Å²) < 4.78 is 0. The van der Waals surface area contributed by atoms with Crippen molar-refractivity contribution in [1.82, 2.24) is 4.98 Å². The van der Waals surface area contributed by atoms with Gasteiger partial charge >= 0.3 is 5.97 Å². The molecule has 0 amide bonds. The Morgan fingerprint density at radius 3 is 2.09 bits per heavy atom. The number of carbonyl (C=O) groups is 1. The van der Waals surface area contributed by atoms with Gasteiger partial charge < -0.3 is 15.2 Å². The second-order valence-corrected chi connectivity index (χ2v) is 8.26. The Morgan fingerprint density at radius 2 is 2.00 bits per heavy atom. The monoisotopic (exact) mass is 177 g/mol. The third-order valence-corrected chi connectivity index (χ3v) is 2.30. The van der Waals surface area contributed by atoms with Crippen molar-refractivity contribution in [2.24, 2.45) is 0 Å². The minimum Gasteiger partial charge on any atom is -0.480 e. The Labute approximate surface area is 67.3 Å². The van der Waals surface area contributed by atoms with Gasteiger partial charge in [-0.1, -0.05) is 19.6 Å². The van der Waals surface area contributed by atoms with Gasteiger partial charge in [-0.3, -0.25) is 4.79 Å². The van der Waals surface area contributed by atoms with E-state index in [4.69, 9.17) is 10.2 Å². The van der Waals surface area contributed by atoms with Gasteiger partial charge in [-0.15, -0.1) is 0 Å². The van der Waals surface area contributed by atoms with E-state index in [2.05, 4.69) is 4.98 Å². The maximum Gasteiger partial charge on any atom is 0.322 e. The molecule has 1 unspecified atom stereocenters. The zero-order valence-corrected chi connectivity index (χ0v) is 8.09. The van der Waals surface area contributed by atoms with E-state index in [1.165, 1.54) is 0 Å². The van der Waals surface area contributed by atoms with Gasteiger partial charge in [0.25, 0.3) is 0 Å². The summed E-state index contributed by atoms with van der Waals surface area (Å²) in [5.74, 6) is -0.991. The third kappa shape index (κ3) is 4.94. The summed E-state index contributed by atoms with van der Waals surface area (Å²) in [4.78, 5) is 13.3. The van der Waals surface area contributed by atoms with Crippen molar-refractivity contribution in [1.29, 1.82) is 0 Å². The molecule has 0 spiro atoms. The van der Waals surface area contributed by atoms with E-state index in [0.29, 0.717) is 0 Å². The summed E-state index contributed by atoms with van der Waals surface area (Å²) in [6.07, 6.45) is 0. The Hall–Kier alpha value is -0.393. The van der Waals surface area contributed by atoms with Crippen molar-refractivity contribution in [2.75, 3.05) is 6.61 Å². The maximum absolute atomic E-state index is 10.4. The molecule has 0 aliphatic rings. The molecule has 0 radical (unpaired) electrons. The number of aliphatic hydroxyl groups is 1.